The molecule has 0 fully saturated rings. The molecule has 3 N–H and O–H groups in total. The fraction of sp³-hybridized carbons (Fsp3) is 0.0417. The summed E-state index contributed by atoms with van der Waals surface area (Å²) in [6.45, 7) is 1.73. The third-order valence-corrected chi connectivity index (χ3v) is 5.05. The summed E-state index contributed by atoms with van der Waals surface area (Å²) in [6.07, 6.45) is 0. The first-order valence-electron chi connectivity index (χ1n) is 9.84. The molecule has 0 aliphatic rings. The van der Waals surface area contributed by atoms with Crippen LogP contribution in [0, 0.1) is 6.92 Å². The van der Waals surface area contributed by atoms with E-state index in [1.165, 1.54) is 10.6 Å². The topological polar surface area (TPSA) is 91.3 Å². The lowest BCUT2D eigenvalue weighted by atomic mass is 10.1. The fourth-order valence-corrected chi connectivity index (χ4v) is 3.64. The molecule has 5 rings (SSSR count). The number of fused-ring (bicyclic) bond motifs is 2. The van der Waals surface area contributed by atoms with Crippen LogP contribution in [0.2, 0.25) is 0 Å². The Morgan fingerprint density at radius 1 is 0.968 bits per heavy atom. The molecule has 7 heteroatoms. The number of para-hydroxylation sites is 1. The van der Waals surface area contributed by atoms with Crippen LogP contribution in [0.15, 0.2) is 83.7 Å². The number of nitrogens with zero attached hydrogens (tertiary/aromatic N) is 2. The van der Waals surface area contributed by atoms with Crippen LogP contribution in [-0.2, 0) is 0 Å². The van der Waals surface area contributed by atoms with Crippen LogP contribution in [0.3, 0.4) is 0 Å². The van der Waals surface area contributed by atoms with Crippen LogP contribution in [0.4, 0.5) is 17.2 Å². The largest absolute Gasteiger partial charge is 0.340 e. The second-order valence-electron chi connectivity index (χ2n) is 7.23. The zero-order chi connectivity index (χ0) is 21.4. The average Bonchev–Trinajstić information content (AvgIpc) is 3.13. The zero-order valence-electron chi connectivity index (χ0n) is 16.7. The highest BCUT2D eigenvalue weighted by Crippen LogP contribution is 2.27. The van der Waals surface area contributed by atoms with Crippen molar-refractivity contribution in [1.29, 1.82) is 0 Å². The molecule has 0 saturated carbocycles. The molecule has 0 saturated heterocycles. The number of H-pyrrole nitrogens is 1. The maximum Gasteiger partial charge on any atom is 0.272 e. The van der Waals surface area contributed by atoms with Gasteiger partial charge in [0.05, 0.1) is 0 Å². The van der Waals surface area contributed by atoms with Crippen molar-refractivity contribution in [3.8, 4) is 0 Å². The van der Waals surface area contributed by atoms with Crippen molar-refractivity contribution >= 4 is 39.5 Å². The van der Waals surface area contributed by atoms with Crippen LogP contribution in [0.1, 0.15) is 16.1 Å². The maximum absolute atomic E-state index is 13.4. The van der Waals surface area contributed by atoms with E-state index in [0.717, 1.165) is 16.5 Å². The minimum Gasteiger partial charge on any atom is -0.340 e. The SMILES string of the molecule is Cc1cc(=O)n2[nH]c(Nc3ccccc3)c(C(=O)Nc3cccc4ccccc34)c2n1. The maximum atomic E-state index is 13.4. The fourth-order valence-electron chi connectivity index (χ4n) is 3.64. The zero-order valence-corrected chi connectivity index (χ0v) is 16.7. The normalized spacial score (nSPS) is 11.0. The van der Waals surface area contributed by atoms with Gasteiger partial charge in [0.15, 0.2) is 5.65 Å². The quantitative estimate of drug-likeness (QED) is 0.408. The van der Waals surface area contributed by atoms with Crippen LogP contribution in [0.5, 0.6) is 0 Å². The van der Waals surface area contributed by atoms with Crippen molar-refractivity contribution in [1.82, 2.24) is 14.6 Å². The number of anilines is 3. The van der Waals surface area contributed by atoms with Gasteiger partial charge >= 0.3 is 0 Å². The molecular formula is C24H19N5O2. The lowest BCUT2D eigenvalue weighted by Crippen LogP contribution is -2.17. The first-order chi connectivity index (χ1) is 15.1. The van der Waals surface area contributed by atoms with Gasteiger partial charge in [0.2, 0.25) is 0 Å². The van der Waals surface area contributed by atoms with Crippen LogP contribution < -0.4 is 16.2 Å². The number of hydrogen-bond donors (Lipinski definition) is 3. The Bertz CT molecular complexity index is 1480. The highest BCUT2D eigenvalue weighted by molar-refractivity contribution is 6.14. The predicted molar refractivity (Wildman–Crippen MR) is 122 cm³/mol. The van der Waals surface area contributed by atoms with Crippen molar-refractivity contribution in [3.63, 3.8) is 0 Å². The number of carbonyl (C=O) groups excluding carboxylic acids is 1. The number of aromatic nitrogens is 3. The van der Waals surface area contributed by atoms with E-state index in [9.17, 15) is 9.59 Å². The molecule has 0 aliphatic heterocycles. The van der Waals surface area contributed by atoms with Gasteiger partial charge in [-0.15, -0.1) is 0 Å². The molecule has 0 spiro atoms. The van der Waals surface area contributed by atoms with E-state index in [0.29, 0.717) is 17.2 Å². The van der Waals surface area contributed by atoms with Crippen molar-refractivity contribution in [2.24, 2.45) is 0 Å². The molecule has 2 aromatic heterocycles. The molecule has 31 heavy (non-hydrogen) atoms. The number of carbonyl (C=O) groups is 1. The number of aryl methyl sites for hydroxylation is 1. The van der Waals surface area contributed by atoms with Gasteiger partial charge in [-0.1, -0.05) is 54.6 Å². The predicted octanol–water partition coefficient (Wildman–Crippen LogP) is 4.48. The number of nitrogens with one attached hydrogen (secondary N) is 3. The summed E-state index contributed by atoms with van der Waals surface area (Å²) in [5.74, 6) is 0.0187. The second-order valence-corrected chi connectivity index (χ2v) is 7.23. The van der Waals surface area contributed by atoms with Gasteiger partial charge in [-0.3, -0.25) is 14.7 Å². The molecule has 1 amide bonds. The number of rotatable bonds is 4. The summed E-state index contributed by atoms with van der Waals surface area (Å²) in [6, 6.07) is 24.4. The van der Waals surface area contributed by atoms with E-state index in [1.54, 1.807) is 6.92 Å². The molecular weight excluding hydrogens is 390 g/mol. The average molecular weight is 409 g/mol. The molecule has 7 nitrogen and oxygen atoms in total. The van der Waals surface area contributed by atoms with E-state index in [-0.39, 0.29) is 22.7 Å². The van der Waals surface area contributed by atoms with Crippen molar-refractivity contribution in [3.05, 3.63) is 100 Å². The molecule has 0 bridgehead atoms. The van der Waals surface area contributed by atoms with Crippen LogP contribution in [-0.4, -0.2) is 20.5 Å². The molecule has 0 atom stereocenters. The van der Waals surface area contributed by atoms with E-state index in [4.69, 9.17) is 0 Å². The molecule has 3 aromatic carbocycles. The summed E-state index contributed by atoms with van der Waals surface area (Å²) in [5.41, 5.74) is 2.23. The van der Waals surface area contributed by atoms with Crippen LogP contribution >= 0.6 is 0 Å². The summed E-state index contributed by atoms with van der Waals surface area (Å²) >= 11 is 0. The summed E-state index contributed by atoms with van der Waals surface area (Å²) in [4.78, 5) is 30.4. The number of benzene rings is 3. The lowest BCUT2D eigenvalue weighted by Gasteiger charge is -2.10. The standard InChI is InChI=1S/C24H19N5O2/c1-15-14-20(30)29-23(25-15)21(22(28-29)26-17-10-3-2-4-11-17)24(31)27-19-13-7-9-16-8-5-6-12-18(16)19/h2-14,26,28H,1H3,(H,27,31). The molecule has 0 aliphatic carbocycles. The Labute approximate surface area is 177 Å². The van der Waals surface area contributed by atoms with Gasteiger partial charge in [0.25, 0.3) is 11.5 Å². The molecule has 2 heterocycles. The van der Waals surface area contributed by atoms with Gasteiger partial charge in [-0.25, -0.2) is 4.98 Å². The lowest BCUT2D eigenvalue weighted by molar-refractivity contribution is 0.102. The summed E-state index contributed by atoms with van der Waals surface area (Å²) < 4.78 is 1.27. The van der Waals surface area contributed by atoms with E-state index in [2.05, 4.69) is 20.7 Å². The van der Waals surface area contributed by atoms with E-state index in [1.807, 2.05) is 72.8 Å². The van der Waals surface area contributed by atoms with Gasteiger partial charge in [-0.2, -0.15) is 4.52 Å². The molecule has 0 radical (unpaired) electrons. The Morgan fingerprint density at radius 3 is 2.55 bits per heavy atom. The summed E-state index contributed by atoms with van der Waals surface area (Å²) in [7, 11) is 0. The van der Waals surface area contributed by atoms with Gasteiger partial charge < -0.3 is 10.6 Å². The van der Waals surface area contributed by atoms with Crippen LogP contribution in [0.25, 0.3) is 16.4 Å². The molecule has 152 valence electrons. The Balaban J connectivity index is 1.64. The molecule has 0 unspecified atom stereocenters. The smallest absolute Gasteiger partial charge is 0.272 e. The Morgan fingerprint density at radius 2 is 1.71 bits per heavy atom. The van der Waals surface area contributed by atoms with Crippen molar-refractivity contribution in [2.45, 2.75) is 6.92 Å². The third-order valence-electron chi connectivity index (χ3n) is 5.05. The summed E-state index contributed by atoms with van der Waals surface area (Å²) in [5, 5.41) is 11.1. The van der Waals surface area contributed by atoms with E-state index < -0.39 is 0 Å². The number of hydrogen-bond acceptors (Lipinski definition) is 4. The van der Waals surface area contributed by atoms with Crippen molar-refractivity contribution < 1.29 is 4.79 Å². The van der Waals surface area contributed by atoms with Crippen molar-refractivity contribution in [2.75, 3.05) is 10.6 Å². The third kappa shape index (κ3) is 3.42. The highest BCUT2D eigenvalue weighted by Gasteiger charge is 2.22. The minimum atomic E-state index is -0.369. The van der Waals surface area contributed by atoms with Gasteiger partial charge in [0, 0.05) is 28.5 Å². The second kappa shape index (κ2) is 7.46. The van der Waals surface area contributed by atoms with Gasteiger partial charge in [-0.05, 0) is 30.5 Å². The number of amides is 1. The van der Waals surface area contributed by atoms with E-state index >= 15 is 0 Å². The minimum absolute atomic E-state index is 0.262. The Hall–Kier alpha value is -4.39. The molecule has 5 aromatic rings. The first-order valence-corrected chi connectivity index (χ1v) is 9.84. The monoisotopic (exact) mass is 409 g/mol. The Kier molecular flexibility index (Phi) is 4.48. The first kappa shape index (κ1) is 18.6. The highest BCUT2D eigenvalue weighted by atomic mass is 16.2. The number of aromatic amines is 1. The van der Waals surface area contributed by atoms with Gasteiger partial charge in [0.1, 0.15) is 11.4 Å².